The zero-order valence-electron chi connectivity index (χ0n) is 11.4. The number of nitrogens with one attached hydrogen (secondary N) is 1. The van der Waals surface area contributed by atoms with Crippen LogP contribution in [0.5, 0.6) is 0 Å². The van der Waals surface area contributed by atoms with Gasteiger partial charge < -0.3 is 10.4 Å². The molecule has 104 valence electrons. The van der Waals surface area contributed by atoms with Crippen LogP contribution in [0.3, 0.4) is 0 Å². The van der Waals surface area contributed by atoms with Crippen molar-refractivity contribution >= 4 is 11.8 Å². The highest BCUT2D eigenvalue weighted by Crippen LogP contribution is 2.14. The molecule has 0 fully saturated rings. The molecule has 6 nitrogen and oxygen atoms in total. The first kappa shape index (κ1) is 13.9. The molecule has 0 bridgehead atoms. The quantitative estimate of drug-likeness (QED) is 0.868. The number of anilines is 1. The van der Waals surface area contributed by atoms with Crippen LogP contribution in [0.2, 0.25) is 0 Å². The Balaban J connectivity index is 2.01. The highest BCUT2D eigenvalue weighted by Gasteiger charge is 2.05. The molecule has 0 aromatic carbocycles. The predicted octanol–water partition coefficient (Wildman–Crippen LogP) is 2.31. The Labute approximate surface area is 116 Å². The van der Waals surface area contributed by atoms with Crippen molar-refractivity contribution in [3.05, 3.63) is 47.7 Å². The first-order valence-electron chi connectivity index (χ1n) is 6.30. The fourth-order valence-corrected chi connectivity index (χ4v) is 1.63. The van der Waals surface area contributed by atoms with Crippen LogP contribution >= 0.6 is 0 Å². The lowest BCUT2D eigenvalue weighted by Gasteiger charge is -2.08. The summed E-state index contributed by atoms with van der Waals surface area (Å²) in [5.41, 5.74) is 1.90. The Morgan fingerprint density at radius 3 is 2.70 bits per heavy atom. The maximum Gasteiger partial charge on any atom is 0.354 e. The molecule has 2 heterocycles. The van der Waals surface area contributed by atoms with Gasteiger partial charge in [0.25, 0.3) is 0 Å². The minimum Gasteiger partial charge on any atom is -0.477 e. The van der Waals surface area contributed by atoms with E-state index < -0.39 is 5.97 Å². The number of hydrogen-bond acceptors (Lipinski definition) is 5. The van der Waals surface area contributed by atoms with Crippen LogP contribution in [0.15, 0.2) is 30.7 Å². The van der Waals surface area contributed by atoms with Gasteiger partial charge in [-0.2, -0.15) is 0 Å². The van der Waals surface area contributed by atoms with Crippen LogP contribution in [0.4, 0.5) is 5.82 Å². The summed E-state index contributed by atoms with van der Waals surface area (Å²) in [6.07, 6.45) is 3.07. The Hall–Kier alpha value is -2.50. The van der Waals surface area contributed by atoms with Crippen LogP contribution in [-0.4, -0.2) is 26.0 Å². The first-order chi connectivity index (χ1) is 9.56. The molecule has 2 N–H and O–H groups in total. The molecule has 0 aliphatic carbocycles. The third-order valence-electron chi connectivity index (χ3n) is 2.80. The minimum atomic E-state index is -1.03. The smallest absolute Gasteiger partial charge is 0.354 e. The zero-order valence-corrected chi connectivity index (χ0v) is 11.4. The molecule has 0 spiro atoms. The molecule has 0 saturated heterocycles. The molecule has 0 aliphatic heterocycles. The average Bonchev–Trinajstić information content (AvgIpc) is 2.46. The van der Waals surface area contributed by atoms with Crippen LogP contribution in [0, 0.1) is 0 Å². The lowest BCUT2D eigenvalue weighted by atomic mass is 10.1. The maximum absolute atomic E-state index is 10.7. The third kappa shape index (κ3) is 3.50. The summed E-state index contributed by atoms with van der Waals surface area (Å²) in [7, 11) is 0. The Morgan fingerprint density at radius 1 is 1.30 bits per heavy atom. The lowest BCUT2D eigenvalue weighted by Crippen LogP contribution is -2.05. The van der Waals surface area contributed by atoms with Crippen LogP contribution in [-0.2, 0) is 6.54 Å². The molecule has 0 unspecified atom stereocenters. The van der Waals surface area contributed by atoms with Crippen molar-refractivity contribution in [3.63, 3.8) is 0 Å². The van der Waals surface area contributed by atoms with Gasteiger partial charge in [0.05, 0.1) is 0 Å². The third-order valence-corrected chi connectivity index (χ3v) is 2.80. The van der Waals surface area contributed by atoms with Gasteiger partial charge in [-0.25, -0.2) is 19.7 Å². The van der Waals surface area contributed by atoms with E-state index >= 15 is 0 Å². The van der Waals surface area contributed by atoms with Crippen molar-refractivity contribution in [2.24, 2.45) is 0 Å². The van der Waals surface area contributed by atoms with Gasteiger partial charge in [0, 0.05) is 24.5 Å². The largest absolute Gasteiger partial charge is 0.477 e. The number of carboxylic acid groups (broad SMARTS) is 1. The molecule has 6 heteroatoms. The van der Waals surface area contributed by atoms with Gasteiger partial charge in [0.2, 0.25) is 0 Å². The highest BCUT2D eigenvalue weighted by atomic mass is 16.4. The second-order valence-corrected chi connectivity index (χ2v) is 4.69. The SMILES string of the molecule is CC(C)c1cc(NCc2ccc(C(=O)O)nc2)ncn1. The van der Waals surface area contributed by atoms with E-state index in [-0.39, 0.29) is 5.69 Å². The van der Waals surface area contributed by atoms with Gasteiger partial charge >= 0.3 is 5.97 Å². The summed E-state index contributed by atoms with van der Waals surface area (Å²) in [6.45, 7) is 4.67. The summed E-state index contributed by atoms with van der Waals surface area (Å²) >= 11 is 0. The number of aromatic carboxylic acids is 1. The summed E-state index contributed by atoms with van der Waals surface area (Å²) in [5.74, 6) is 0.0583. The van der Waals surface area contributed by atoms with E-state index in [1.165, 1.54) is 12.4 Å². The number of carbonyl (C=O) groups is 1. The van der Waals surface area contributed by atoms with Gasteiger partial charge in [0.1, 0.15) is 17.8 Å². The van der Waals surface area contributed by atoms with Gasteiger partial charge in [-0.3, -0.25) is 0 Å². The Bertz CT molecular complexity index is 596. The van der Waals surface area contributed by atoms with Crippen molar-refractivity contribution in [1.29, 1.82) is 0 Å². The van der Waals surface area contributed by atoms with Crippen molar-refractivity contribution < 1.29 is 9.90 Å². The second-order valence-electron chi connectivity index (χ2n) is 4.69. The molecule has 0 amide bonds. The number of carboxylic acids is 1. The van der Waals surface area contributed by atoms with E-state index in [0.29, 0.717) is 12.5 Å². The standard InChI is InChI=1S/C14H16N4O2/c1-9(2)12-5-13(18-8-17-12)16-7-10-3-4-11(14(19)20)15-6-10/h3-6,8-9H,7H2,1-2H3,(H,19,20)(H,16,17,18). The number of nitrogens with zero attached hydrogens (tertiary/aromatic N) is 3. The number of hydrogen-bond donors (Lipinski definition) is 2. The van der Waals surface area contributed by atoms with E-state index in [2.05, 4.69) is 34.1 Å². The molecule has 2 aromatic rings. The summed E-state index contributed by atoms with van der Waals surface area (Å²) in [4.78, 5) is 22.9. The first-order valence-corrected chi connectivity index (χ1v) is 6.30. The van der Waals surface area contributed by atoms with Crippen molar-refractivity contribution in [1.82, 2.24) is 15.0 Å². The summed E-state index contributed by atoms with van der Waals surface area (Å²) in [6, 6.07) is 5.12. The normalized spacial score (nSPS) is 10.6. The molecule has 0 radical (unpaired) electrons. The van der Waals surface area contributed by atoms with Gasteiger partial charge in [-0.05, 0) is 17.5 Å². The van der Waals surface area contributed by atoms with E-state index in [0.717, 1.165) is 17.1 Å². The van der Waals surface area contributed by atoms with E-state index in [9.17, 15) is 4.79 Å². The average molecular weight is 272 g/mol. The van der Waals surface area contributed by atoms with E-state index in [1.807, 2.05) is 6.07 Å². The van der Waals surface area contributed by atoms with Gasteiger partial charge in [-0.15, -0.1) is 0 Å². The molecule has 0 atom stereocenters. The minimum absolute atomic E-state index is 0.0397. The zero-order chi connectivity index (χ0) is 14.5. The van der Waals surface area contributed by atoms with E-state index in [1.54, 1.807) is 12.3 Å². The highest BCUT2D eigenvalue weighted by molar-refractivity contribution is 5.85. The van der Waals surface area contributed by atoms with Gasteiger partial charge in [0.15, 0.2) is 0 Å². The molecule has 2 aromatic heterocycles. The molecule has 0 aliphatic rings. The fourth-order valence-electron chi connectivity index (χ4n) is 1.63. The topological polar surface area (TPSA) is 88.0 Å². The molecular formula is C14H16N4O2. The predicted molar refractivity (Wildman–Crippen MR) is 74.6 cm³/mol. The van der Waals surface area contributed by atoms with Crippen LogP contribution in [0.25, 0.3) is 0 Å². The maximum atomic E-state index is 10.7. The van der Waals surface area contributed by atoms with Gasteiger partial charge in [-0.1, -0.05) is 19.9 Å². The van der Waals surface area contributed by atoms with Crippen molar-refractivity contribution in [2.45, 2.75) is 26.3 Å². The van der Waals surface area contributed by atoms with Crippen molar-refractivity contribution in [3.8, 4) is 0 Å². The second kappa shape index (κ2) is 6.10. The Morgan fingerprint density at radius 2 is 2.10 bits per heavy atom. The summed E-state index contributed by atoms with van der Waals surface area (Å²) in [5, 5.41) is 11.9. The van der Waals surface area contributed by atoms with E-state index in [4.69, 9.17) is 5.11 Å². The molecule has 2 rings (SSSR count). The number of rotatable bonds is 5. The monoisotopic (exact) mass is 272 g/mol. The fraction of sp³-hybridized carbons (Fsp3) is 0.286. The molecule has 20 heavy (non-hydrogen) atoms. The van der Waals surface area contributed by atoms with Crippen LogP contribution < -0.4 is 5.32 Å². The van der Waals surface area contributed by atoms with Crippen LogP contribution in [0.1, 0.15) is 41.5 Å². The molecule has 0 saturated carbocycles. The Kier molecular flexibility index (Phi) is 4.24. The molecular weight excluding hydrogens is 256 g/mol. The summed E-state index contributed by atoms with van der Waals surface area (Å²) < 4.78 is 0. The lowest BCUT2D eigenvalue weighted by molar-refractivity contribution is 0.0690. The number of aromatic nitrogens is 3. The van der Waals surface area contributed by atoms with Crippen molar-refractivity contribution in [2.75, 3.05) is 5.32 Å². The number of pyridine rings is 1.